The average molecular weight is 254 g/mol. The van der Waals surface area contributed by atoms with E-state index in [1.807, 2.05) is 0 Å². The standard InChI is InChI=1S/C9H11BN2O4S/c10-9(14,15)5-1-2-7(16-5)12-4-3-6(17)11-8(12)13/h3-5,7,14-15H,1-2H2,(H,11,13,17). The van der Waals surface area contributed by atoms with E-state index in [1.165, 1.54) is 10.8 Å². The van der Waals surface area contributed by atoms with Crippen LogP contribution in [0.1, 0.15) is 19.1 Å². The molecule has 2 heterocycles. The lowest BCUT2D eigenvalue weighted by Crippen LogP contribution is -2.42. The Hall–Kier alpha value is -0.955. The van der Waals surface area contributed by atoms with Crippen LogP contribution >= 0.6 is 12.2 Å². The van der Waals surface area contributed by atoms with Gasteiger partial charge >= 0.3 is 5.69 Å². The predicted molar refractivity (Wildman–Crippen MR) is 62.0 cm³/mol. The molecule has 2 radical (unpaired) electrons. The molecule has 1 aromatic heterocycles. The number of nitrogens with one attached hydrogen (secondary N) is 1. The van der Waals surface area contributed by atoms with Crippen molar-refractivity contribution >= 4 is 20.1 Å². The van der Waals surface area contributed by atoms with Crippen LogP contribution in [0.2, 0.25) is 0 Å². The van der Waals surface area contributed by atoms with Crippen LogP contribution in [0.25, 0.3) is 0 Å². The molecule has 1 aliphatic rings. The number of nitrogens with zero attached hydrogens (tertiary/aromatic N) is 1. The Kier molecular flexibility index (Phi) is 3.22. The summed E-state index contributed by atoms with van der Waals surface area (Å²) in [6, 6.07) is 1.56. The molecule has 0 spiro atoms. The fourth-order valence-corrected chi connectivity index (χ4v) is 1.94. The van der Waals surface area contributed by atoms with E-state index in [9.17, 15) is 15.0 Å². The predicted octanol–water partition coefficient (Wildman–Crippen LogP) is -0.610. The molecule has 2 rings (SSSR count). The average Bonchev–Trinajstić information content (AvgIpc) is 2.65. The number of H-pyrrole nitrogens is 1. The van der Waals surface area contributed by atoms with Crippen molar-refractivity contribution in [3.05, 3.63) is 27.4 Å². The summed E-state index contributed by atoms with van der Waals surface area (Å²) in [6.45, 7) is 0. The summed E-state index contributed by atoms with van der Waals surface area (Å²) in [6.07, 6.45) is 0.844. The van der Waals surface area contributed by atoms with Gasteiger partial charge in [0.1, 0.15) is 22.7 Å². The van der Waals surface area contributed by atoms with Gasteiger partial charge in [0.05, 0.1) is 0 Å². The minimum Gasteiger partial charge on any atom is -0.372 e. The summed E-state index contributed by atoms with van der Waals surface area (Å²) in [5, 5.41) is 18.4. The number of hydrogen-bond donors (Lipinski definition) is 3. The van der Waals surface area contributed by atoms with Crippen LogP contribution in [0.15, 0.2) is 17.1 Å². The van der Waals surface area contributed by atoms with Crippen LogP contribution in [0.5, 0.6) is 0 Å². The molecular formula is C9H11BN2O4S. The first kappa shape index (κ1) is 12.5. The van der Waals surface area contributed by atoms with Crippen molar-refractivity contribution in [2.24, 2.45) is 0 Å². The van der Waals surface area contributed by atoms with E-state index in [1.54, 1.807) is 6.07 Å². The lowest BCUT2D eigenvalue weighted by atomic mass is 9.88. The summed E-state index contributed by atoms with van der Waals surface area (Å²) in [7, 11) is 5.12. The molecule has 0 bridgehead atoms. The van der Waals surface area contributed by atoms with Crippen molar-refractivity contribution < 1.29 is 14.9 Å². The maximum Gasteiger partial charge on any atom is 0.328 e. The molecule has 1 aromatic rings. The Labute approximate surface area is 103 Å². The van der Waals surface area contributed by atoms with E-state index < -0.39 is 23.7 Å². The second kappa shape index (κ2) is 4.38. The van der Waals surface area contributed by atoms with Gasteiger partial charge in [-0.15, -0.1) is 0 Å². The second-order valence-corrected chi connectivity index (χ2v) is 4.40. The van der Waals surface area contributed by atoms with Gasteiger partial charge in [0, 0.05) is 6.20 Å². The zero-order valence-corrected chi connectivity index (χ0v) is 9.68. The first-order valence-corrected chi connectivity index (χ1v) is 5.49. The Balaban J connectivity index is 2.21. The van der Waals surface area contributed by atoms with Gasteiger partial charge in [0.2, 0.25) is 0 Å². The van der Waals surface area contributed by atoms with E-state index >= 15 is 0 Å². The summed E-state index contributed by atoms with van der Waals surface area (Å²) in [5.41, 5.74) is -2.79. The zero-order valence-electron chi connectivity index (χ0n) is 8.87. The Bertz CT molecular complexity index is 521. The van der Waals surface area contributed by atoms with Crippen LogP contribution < -0.4 is 5.69 Å². The third kappa shape index (κ3) is 2.66. The number of rotatable bonds is 2. The first-order chi connectivity index (χ1) is 7.88. The Morgan fingerprint density at radius 2 is 2.29 bits per heavy atom. The van der Waals surface area contributed by atoms with E-state index in [4.69, 9.17) is 24.8 Å². The van der Waals surface area contributed by atoms with E-state index in [0.29, 0.717) is 17.5 Å². The monoisotopic (exact) mass is 254 g/mol. The van der Waals surface area contributed by atoms with Crippen LogP contribution in [-0.4, -0.2) is 39.4 Å². The normalized spacial score (nSPS) is 25.1. The number of ether oxygens (including phenoxy) is 1. The second-order valence-electron chi connectivity index (χ2n) is 3.96. The maximum atomic E-state index is 11.6. The van der Waals surface area contributed by atoms with Crippen LogP contribution in [0, 0.1) is 4.64 Å². The molecule has 6 nitrogen and oxygen atoms in total. The number of hydrogen-bond acceptors (Lipinski definition) is 5. The van der Waals surface area contributed by atoms with Crippen molar-refractivity contribution in [1.29, 1.82) is 0 Å². The molecule has 1 fully saturated rings. The fourth-order valence-electron chi connectivity index (χ4n) is 1.79. The van der Waals surface area contributed by atoms with Gasteiger partial charge < -0.3 is 14.9 Å². The minimum absolute atomic E-state index is 0.332. The maximum absolute atomic E-state index is 11.6. The molecule has 3 N–H and O–H groups in total. The topological polar surface area (TPSA) is 87.5 Å². The van der Waals surface area contributed by atoms with Gasteiger partial charge in [-0.25, -0.2) is 4.79 Å². The molecule has 0 aliphatic carbocycles. The van der Waals surface area contributed by atoms with E-state index in [-0.39, 0.29) is 0 Å². The van der Waals surface area contributed by atoms with Crippen molar-refractivity contribution in [3.63, 3.8) is 0 Å². The van der Waals surface area contributed by atoms with Crippen LogP contribution in [0.3, 0.4) is 0 Å². The molecule has 2 atom stereocenters. The van der Waals surface area contributed by atoms with Crippen molar-refractivity contribution in [1.82, 2.24) is 9.55 Å². The fraction of sp³-hybridized carbons (Fsp3) is 0.556. The molecule has 0 amide bonds. The quantitative estimate of drug-likeness (QED) is 0.372. The number of aliphatic hydroxyl groups is 2. The van der Waals surface area contributed by atoms with Gasteiger partial charge in [-0.05, 0) is 18.9 Å². The molecule has 8 heteroatoms. The van der Waals surface area contributed by atoms with Crippen molar-refractivity contribution in [2.75, 3.05) is 0 Å². The largest absolute Gasteiger partial charge is 0.372 e. The van der Waals surface area contributed by atoms with Crippen LogP contribution in [0.4, 0.5) is 0 Å². The number of aromatic amines is 1. The highest BCUT2D eigenvalue weighted by atomic mass is 32.1. The smallest absolute Gasteiger partial charge is 0.328 e. The number of aromatic nitrogens is 2. The molecule has 1 aliphatic heterocycles. The molecule has 0 saturated carbocycles. The van der Waals surface area contributed by atoms with E-state index in [2.05, 4.69) is 4.98 Å². The molecule has 90 valence electrons. The van der Waals surface area contributed by atoms with Gasteiger partial charge in [0.15, 0.2) is 7.85 Å². The molecule has 17 heavy (non-hydrogen) atoms. The van der Waals surface area contributed by atoms with Gasteiger partial charge in [-0.3, -0.25) is 9.55 Å². The lowest BCUT2D eigenvalue weighted by Gasteiger charge is -2.25. The van der Waals surface area contributed by atoms with Gasteiger partial charge in [-0.2, -0.15) is 0 Å². The summed E-state index contributed by atoms with van der Waals surface area (Å²) in [5.74, 6) is 0. The van der Waals surface area contributed by atoms with Crippen LogP contribution in [-0.2, 0) is 4.74 Å². The first-order valence-electron chi connectivity index (χ1n) is 5.08. The van der Waals surface area contributed by atoms with E-state index in [0.717, 1.165) is 0 Å². The Morgan fingerprint density at radius 3 is 2.82 bits per heavy atom. The molecular weight excluding hydrogens is 243 g/mol. The molecule has 1 saturated heterocycles. The Morgan fingerprint density at radius 1 is 1.59 bits per heavy atom. The summed E-state index contributed by atoms with van der Waals surface area (Å²) in [4.78, 5) is 14.0. The zero-order chi connectivity index (χ0) is 12.6. The van der Waals surface area contributed by atoms with Crippen molar-refractivity contribution in [3.8, 4) is 0 Å². The molecule has 2 unspecified atom stereocenters. The molecule has 0 aromatic carbocycles. The minimum atomic E-state index is -2.39. The van der Waals surface area contributed by atoms with Gasteiger partial charge in [-0.1, -0.05) is 12.2 Å². The van der Waals surface area contributed by atoms with Crippen molar-refractivity contribution in [2.45, 2.75) is 30.9 Å². The summed E-state index contributed by atoms with van der Waals surface area (Å²) >= 11 is 4.81. The summed E-state index contributed by atoms with van der Waals surface area (Å²) < 4.78 is 6.96. The lowest BCUT2D eigenvalue weighted by molar-refractivity contribution is -0.183. The third-order valence-electron chi connectivity index (χ3n) is 2.63. The van der Waals surface area contributed by atoms with Gasteiger partial charge in [0.25, 0.3) is 0 Å². The highest BCUT2D eigenvalue weighted by Gasteiger charge is 2.37. The highest BCUT2D eigenvalue weighted by Crippen LogP contribution is 2.30. The third-order valence-corrected chi connectivity index (χ3v) is 2.87. The highest BCUT2D eigenvalue weighted by molar-refractivity contribution is 7.71. The SMILES string of the molecule is [B]C(O)(O)C1CCC(n2ccc(=S)[nH]c2=O)O1.